The average Bonchev–Trinajstić information content (AvgIpc) is 2.47. The lowest BCUT2D eigenvalue weighted by Crippen LogP contribution is -2.43. The fourth-order valence-electron chi connectivity index (χ4n) is 2.72. The van der Waals surface area contributed by atoms with Crippen LogP contribution < -0.4 is 5.32 Å². The largest absolute Gasteiger partial charge is 0.387 e. The number of nitrogens with one attached hydrogen (secondary N) is 1. The van der Waals surface area contributed by atoms with Gasteiger partial charge in [0.15, 0.2) is 0 Å². The van der Waals surface area contributed by atoms with E-state index < -0.39 is 0 Å². The summed E-state index contributed by atoms with van der Waals surface area (Å²) in [5.74, 6) is 0.0841. The number of pyridine rings is 1. The highest BCUT2D eigenvalue weighted by molar-refractivity contribution is 5.92. The number of anilines is 1. The van der Waals surface area contributed by atoms with Crippen molar-refractivity contribution in [2.45, 2.75) is 45.1 Å². The Kier molecular flexibility index (Phi) is 4.77. The lowest BCUT2D eigenvalue weighted by atomic mass is 9.98. The first-order valence-electron chi connectivity index (χ1n) is 7.21. The van der Waals surface area contributed by atoms with Crippen LogP contribution in [-0.2, 0) is 0 Å². The third-order valence-electron chi connectivity index (χ3n) is 3.78. The van der Waals surface area contributed by atoms with E-state index in [-0.39, 0.29) is 5.91 Å². The van der Waals surface area contributed by atoms with Gasteiger partial charge in [-0.2, -0.15) is 0 Å². The van der Waals surface area contributed by atoms with E-state index in [0.29, 0.717) is 11.7 Å². The number of carbonyl (C=O) groups excluding carboxylic acids is 1. The maximum atomic E-state index is 12.5. The highest BCUT2D eigenvalue weighted by atomic mass is 16.2. The Labute approximate surface area is 115 Å². The quantitative estimate of drug-likeness (QED) is 0.906. The molecule has 2 heterocycles. The van der Waals surface area contributed by atoms with Crippen LogP contribution in [0.5, 0.6) is 0 Å². The van der Waals surface area contributed by atoms with E-state index in [1.807, 2.05) is 24.1 Å². The van der Waals surface area contributed by atoms with Gasteiger partial charge in [0.1, 0.15) is 5.69 Å². The van der Waals surface area contributed by atoms with Crippen molar-refractivity contribution in [3.63, 3.8) is 0 Å². The minimum atomic E-state index is 0.0841. The normalized spacial score (nSPS) is 19.3. The molecule has 4 nitrogen and oxygen atoms in total. The van der Waals surface area contributed by atoms with Gasteiger partial charge in [0.2, 0.25) is 0 Å². The molecule has 0 radical (unpaired) electrons. The van der Waals surface area contributed by atoms with Crippen molar-refractivity contribution in [2.75, 3.05) is 18.9 Å². The Morgan fingerprint density at radius 3 is 2.95 bits per heavy atom. The molecule has 1 aliphatic heterocycles. The van der Waals surface area contributed by atoms with Crippen LogP contribution in [0.2, 0.25) is 0 Å². The van der Waals surface area contributed by atoms with Gasteiger partial charge in [-0.3, -0.25) is 4.79 Å². The second-order valence-electron chi connectivity index (χ2n) is 5.12. The highest BCUT2D eigenvalue weighted by Crippen LogP contribution is 2.22. The zero-order chi connectivity index (χ0) is 13.7. The molecule has 1 fully saturated rings. The molecule has 0 bridgehead atoms. The van der Waals surface area contributed by atoms with Crippen molar-refractivity contribution in [1.29, 1.82) is 0 Å². The predicted octanol–water partition coefficient (Wildman–Crippen LogP) is 2.92. The van der Waals surface area contributed by atoms with E-state index in [4.69, 9.17) is 0 Å². The summed E-state index contributed by atoms with van der Waals surface area (Å²) in [6.07, 6.45) is 7.42. The van der Waals surface area contributed by atoms with Crippen LogP contribution in [0.25, 0.3) is 0 Å². The Bertz CT molecular complexity index is 414. The summed E-state index contributed by atoms with van der Waals surface area (Å²) in [6, 6.07) is 4.11. The van der Waals surface area contributed by atoms with E-state index in [2.05, 4.69) is 17.2 Å². The van der Waals surface area contributed by atoms with Gasteiger partial charge in [0, 0.05) is 19.6 Å². The second-order valence-corrected chi connectivity index (χ2v) is 5.12. The summed E-state index contributed by atoms with van der Waals surface area (Å²) >= 11 is 0. The molecule has 1 aliphatic rings. The van der Waals surface area contributed by atoms with E-state index in [1.54, 1.807) is 6.20 Å². The molecule has 4 heteroatoms. The van der Waals surface area contributed by atoms with Crippen LogP contribution >= 0.6 is 0 Å². The summed E-state index contributed by atoms with van der Waals surface area (Å²) in [5, 5.41) is 3.01. The Balaban J connectivity index is 2.11. The smallest absolute Gasteiger partial charge is 0.272 e. The number of rotatable bonds is 4. The molecular formula is C15H23N3O. The molecule has 0 aromatic carbocycles. The van der Waals surface area contributed by atoms with Crippen LogP contribution in [0.4, 0.5) is 5.69 Å². The van der Waals surface area contributed by atoms with Crippen LogP contribution in [0.1, 0.15) is 49.5 Å². The van der Waals surface area contributed by atoms with Gasteiger partial charge in [-0.1, -0.05) is 13.3 Å². The first kappa shape index (κ1) is 13.8. The monoisotopic (exact) mass is 261 g/mol. The van der Waals surface area contributed by atoms with Gasteiger partial charge in [-0.25, -0.2) is 4.98 Å². The van der Waals surface area contributed by atoms with E-state index in [0.717, 1.165) is 37.9 Å². The van der Waals surface area contributed by atoms with Gasteiger partial charge in [0.25, 0.3) is 5.91 Å². The third-order valence-corrected chi connectivity index (χ3v) is 3.78. The Morgan fingerprint density at radius 2 is 2.32 bits per heavy atom. The van der Waals surface area contributed by atoms with Crippen LogP contribution in [0.15, 0.2) is 18.3 Å². The first-order chi connectivity index (χ1) is 9.26. The van der Waals surface area contributed by atoms with Crippen LogP contribution in [0.3, 0.4) is 0 Å². The van der Waals surface area contributed by atoms with Gasteiger partial charge in [-0.05, 0) is 37.8 Å². The summed E-state index contributed by atoms with van der Waals surface area (Å²) in [4.78, 5) is 18.8. The number of hydrogen-bond donors (Lipinski definition) is 1. The minimum absolute atomic E-state index is 0.0841. The van der Waals surface area contributed by atoms with Crippen molar-refractivity contribution in [3.05, 3.63) is 24.0 Å². The molecular weight excluding hydrogens is 238 g/mol. The van der Waals surface area contributed by atoms with Crippen molar-refractivity contribution >= 4 is 11.6 Å². The fourth-order valence-corrected chi connectivity index (χ4v) is 2.72. The lowest BCUT2D eigenvalue weighted by Gasteiger charge is -2.35. The van der Waals surface area contributed by atoms with Crippen molar-refractivity contribution in [1.82, 2.24) is 9.88 Å². The SMILES string of the molecule is CCCC1CCCCN1C(=O)c1ccc(NC)cn1. The zero-order valence-corrected chi connectivity index (χ0v) is 11.9. The van der Waals surface area contributed by atoms with Gasteiger partial charge in [-0.15, -0.1) is 0 Å². The third kappa shape index (κ3) is 3.25. The molecule has 1 N–H and O–H groups in total. The van der Waals surface area contributed by atoms with Crippen LogP contribution in [0, 0.1) is 0 Å². The number of amides is 1. The number of aromatic nitrogens is 1. The zero-order valence-electron chi connectivity index (χ0n) is 11.9. The molecule has 1 unspecified atom stereocenters. The molecule has 0 aliphatic carbocycles. The standard InChI is InChI=1S/C15H23N3O/c1-3-6-13-7-4-5-10-18(13)15(19)14-9-8-12(16-2)11-17-14/h8-9,11,13,16H,3-7,10H2,1-2H3. The van der Waals surface area contributed by atoms with Crippen LogP contribution in [-0.4, -0.2) is 35.4 Å². The molecule has 1 amide bonds. The van der Waals surface area contributed by atoms with Gasteiger partial charge in [0.05, 0.1) is 11.9 Å². The van der Waals surface area contributed by atoms with E-state index >= 15 is 0 Å². The number of nitrogens with zero attached hydrogens (tertiary/aromatic N) is 2. The molecule has 0 saturated carbocycles. The first-order valence-corrected chi connectivity index (χ1v) is 7.21. The minimum Gasteiger partial charge on any atom is -0.387 e. The van der Waals surface area contributed by atoms with Gasteiger partial charge < -0.3 is 10.2 Å². The highest BCUT2D eigenvalue weighted by Gasteiger charge is 2.27. The van der Waals surface area contributed by atoms with Crippen molar-refractivity contribution in [3.8, 4) is 0 Å². The van der Waals surface area contributed by atoms with Crippen molar-refractivity contribution < 1.29 is 4.79 Å². The summed E-state index contributed by atoms with van der Waals surface area (Å²) in [7, 11) is 1.85. The molecule has 19 heavy (non-hydrogen) atoms. The fraction of sp³-hybridized carbons (Fsp3) is 0.600. The molecule has 1 aromatic rings. The summed E-state index contributed by atoms with van der Waals surface area (Å²) in [6.45, 7) is 3.05. The number of hydrogen-bond acceptors (Lipinski definition) is 3. The topological polar surface area (TPSA) is 45.2 Å². The maximum Gasteiger partial charge on any atom is 0.272 e. The molecule has 1 atom stereocenters. The van der Waals surface area contributed by atoms with E-state index in [9.17, 15) is 4.79 Å². The Hall–Kier alpha value is -1.58. The number of piperidine rings is 1. The molecule has 1 saturated heterocycles. The van der Waals surface area contributed by atoms with Gasteiger partial charge >= 0.3 is 0 Å². The maximum absolute atomic E-state index is 12.5. The Morgan fingerprint density at radius 1 is 1.47 bits per heavy atom. The number of carbonyl (C=O) groups is 1. The molecule has 0 spiro atoms. The summed E-state index contributed by atoms with van der Waals surface area (Å²) in [5.41, 5.74) is 1.49. The second kappa shape index (κ2) is 6.55. The molecule has 104 valence electrons. The average molecular weight is 261 g/mol. The van der Waals surface area contributed by atoms with Crippen molar-refractivity contribution in [2.24, 2.45) is 0 Å². The summed E-state index contributed by atoms with van der Waals surface area (Å²) < 4.78 is 0. The molecule has 1 aromatic heterocycles. The molecule has 2 rings (SSSR count). The van der Waals surface area contributed by atoms with E-state index in [1.165, 1.54) is 6.42 Å². The number of likely N-dealkylation sites (tertiary alicyclic amines) is 1. The predicted molar refractivity (Wildman–Crippen MR) is 77.4 cm³/mol. The lowest BCUT2D eigenvalue weighted by molar-refractivity contribution is 0.0594.